The molecule has 3 rings (SSSR count). The normalized spacial score (nSPS) is 11.0. The van der Waals surface area contributed by atoms with Crippen LogP contribution in [0.15, 0.2) is 30.6 Å². The first kappa shape index (κ1) is 10.8. The van der Waals surface area contributed by atoms with Crippen molar-refractivity contribution in [2.24, 2.45) is 5.73 Å². The summed E-state index contributed by atoms with van der Waals surface area (Å²) in [7, 11) is 0. The lowest BCUT2D eigenvalue weighted by Gasteiger charge is -2.05. The molecule has 0 fully saturated rings. The summed E-state index contributed by atoms with van der Waals surface area (Å²) in [4.78, 5) is 4.10. The topological polar surface area (TPSA) is 82.5 Å². The van der Waals surface area contributed by atoms with Crippen LogP contribution < -0.4 is 5.73 Å². The molecule has 0 radical (unpaired) electrons. The Kier molecular flexibility index (Phi) is 2.49. The van der Waals surface area contributed by atoms with E-state index in [1.165, 1.54) is 0 Å². The zero-order valence-electron chi connectivity index (χ0n) is 9.91. The van der Waals surface area contributed by atoms with Crippen LogP contribution in [0.5, 0.6) is 0 Å². The third-order valence-corrected chi connectivity index (χ3v) is 2.79. The lowest BCUT2D eigenvalue weighted by Crippen LogP contribution is -2.04. The highest BCUT2D eigenvalue weighted by molar-refractivity contribution is 5.89. The zero-order valence-corrected chi connectivity index (χ0v) is 9.91. The fraction of sp³-hybridized carbons (Fsp3) is 0.167. The summed E-state index contributed by atoms with van der Waals surface area (Å²) in [5.41, 5.74) is 6.40. The van der Waals surface area contributed by atoms with Gasteiger partial charge in [-0.2, -0.15) is 9.78 Å². The second-order valence-corrected chi connectivity index (χ2v) is 3.96. The summed E-state index contributed by atoms with van der Waals surface area (Å²) in [5.74, 6) is 1.25. The summed E-state index contributed by atoms with van der Waals surface area (Å²) >= 11 is 0. The van der Waals surface area contributed by atoms with Gasteiger partial charge in [-0.3, -0.25) is 0 Å². The minimum atomic E-state index is 0.310. The van der Waals surface area contributed by atoms with Crippen molar-refractivity contribution in [2.45, 2.75) is 13.5 Å². The molecule has 18 heavy (non-hydrogen) atoms. The van der Waals surface area contributed by atoms with Crippen molar-refractivity contribution in [1.82, 2.24) is 25.0 Å². The Labute approximate surface area is 103 Å². The number of nitrogens with zero attached hydrogens (tertiary/aromatic N) is 5. The van der Waals surface area contributed by atoms with E-state index < -0.39 is 0 Å². The van der Waals surface area contributed by atoms with Crippen LogP contribution in [0, 0.1) is 6.92 Å². The number of rotatable bonds is 2. The monoisotopic (exact) mass is 240 g/mol. The molecular formula is C12H12N6. The van der Waals surface area contributed by atoms with Gasteiger partial charge in [0.25, 0.3) is 0 Å². The van der Waals surface area contributed by atoms with Crippen LogP contribution in [0.2, 0.25) is 0 Å². The molecule has 0 aliphatic heterocycles. The van der Waals surface area contributed by atoms with Gasteiger partial charge < -0.3 is 5.73 Å². The minimum absolute atomic E-state index is 0.310. The third kappa shape index (κ3) is 1.63. The largest absolute Gasteiger partial charge is 0.324 e. The van der Waals surface area contributed by atoms with E-state index in [9.17, 15) is 0 Å². The molecule has 0 saturated heterocycles. The van der Waals surface area contributed by atoms with Crippen LogP contribution >= 0.6 is 0 Å². The van der Waals surface area contributed by atoms with Crippen molar-refractivity contribution in [3.63, 3.8) is 0 Å². The van der Waals surface area contributed by atoms with E-state index in [1.54, 1.807) is 11.0 Å². The van der Waals surface area contributed by atoms with Gasteiger partial charge in [0.05, 0.1) is 12.2 Å². The standard InChI is InChI=1S/C12H12N6/c1-8-9-4-2-3-5-10(9)12(16-15-8)18-7-14-11(6-13)17-18/h2-5,7H,6,13H2,1H3. The number of benzene rings is 1. The molecule has 2 aromatic heterocycles. The molecule has 6 heteroatoms. The van der Waals surface area contributed by atoms with Crippen molar-refractivity contribution in [1.29, 1.82) is 0 Å². The molecule has 3 aromatic rings. The smallest absolute Gasteiger partial charge is 0.185 e. The first-order valence-corrected chi connectivity index (χ1v) is 5.62. The Morgan fingerprint density at radius 1 is 1.17 bits per heavy atom. The van der Waals surface area contributed by atoms with E-state index >= 15 is 0 Å². The maximum atomic E-state index is 5.50. The predicted octanol–water partition coefficient (Wildman–Crippen LogP) is 0.978. The Bertz CT molecular complexity index is 703. The zero-order chi connectivity index (χ0) is 12.5. The molecule has 90 valence electrons. The quantitative estimate of drug-likeness (QED) is 0.722. The van der Waals surface area contributed by atoms with Gasteiger partial charge in [0.15, 0.2) is 11.6 Å². The van der Waals surface area contributed by atoms with E-state index in [1.807, 2.05) is 31.2 Å². The van der Waals surface area contributed by atoms with E-state index in [-0.39, 0.29) is 0 Å². The molecule has 0 aliphatic rings. The van der Waals surface area contributed by atoms with E-state index in [4.69, 9.17) is 5.73 Å². The number of fused-ring (bicyclic) bond motifs is 1. The highest BCUT2D eigenvalue weighted by Gasteiger charge is 2.09. The molecular weight excluding hydrogens is 228 g/mol. The second kappa shape index (κ2) is 4.15. The molecule has 0 saturated carbocycles. The molecule has 0 unspecified atom stereocenters. The van der Waals surface area contributed by atoms with Crippen LogP contribution in [0.1, 0.15) is 11.5 Å². The van der Waals surface area contributed by atoms with Gasteiger partial charge in [-0.1, -0.05) is 24.3 Å². The number of aryl methyl sites for hydroxylation is 1. The van der Waals surface area contributed by atoms with Gasteiger partial charge >= 0.3 is 0 Å². The van der Waals surface area contributed by atoms with Crippen LogP contribution in [-0.2, 0) is 6.54 Å². The summed E-state index contributed by atoms with van der Waals surface area (Å²) in [6.07, 6.45) is 1.61. The molecule has 0 bridgehead atoms. The van der Waals surface area contributed by atoms with E-state index in [2.05, 4.69) is 20.3 Å². The fourth-order valence-corrected chi connectivity index (χ4v) is 1.89. The van der Waals surface area contributed by atoms with Gasteiger partial charge in [-0.05, 0) is 6.92 Å². The average Bonchev–Trinajstić information content (AvgIpc) is 2.88. The van der Waals surface area contributed by atoms with Crippen molar-refractivity contribution < 1.29 is 0 Å². The van der Waals surface area contributed by atoms with Crippen molar-refractivity contribution in [3.05, 3.63) is 42.1 Å². The molecule has 0 spiro atoms. The minimum Gasteiger partial charge on any atom is -0.324 e. The second-order valence-electron chi connectivity index (χ2n) is 3.96. The molecule has 2 heterocycles. The van der Waals surface area contributed by atoms with E-state index in [0.717, 1.165) is 16.5 Å². The summed E-state index contributed by atoms with van der Waals surface area (Å²) in [6, 6.07) is 7.96. The lowest BCUT2D eigenvalue weighted by molar-refractivity contribution is 0.791. The van der Waals surface area contributed by atoms with Gasteiger partial charge in [-0.25, -0.2) is 4.98 Å². The third-order valence-electron chi connectivity index (χ3n) is 2.79. The highest BCUT2D eigenvalue weighted by atomic mass is 15.4. The summed E-state index contributed by atoms with van der Waals surface area (Å²) in [5, 5.41) is 14.7. The molecule has 0 atom stereocenters. The Morgan fingerprint density at radius 2 is 1.94 bits per heavy atom. The number of hydrogen-bond donors (Lipinski definition) is 1. The van der Waals surface area contributed by atoms with Crippen LogP contribution in [0.3, 0.4) is 0 Å². The number of aromatic nitrogens is 5. The molecule has 1 aromatic carbocycles. The Balaban J connectivity index is 2.26. The maximum absolute atomic E-state index is 5.50. The van der Waals surface area contributed by atoms with Gasteiger partial charge in [0.1, 0.15) is 6.33 Å². The average molecular weight is 240 g/mol. The van der Waals surface area contributed by atoms with Crippen molar-refractivity contribution >= 4 is 10.8 Å². The van der Waals surface area contributed by atoms with Crippen molar-refractivity contribution in [2.75, 3.05) is 0 Å². The summed E-state index contributed by atoms with van der Waals surface area (Å²) < 4.78 is 1.61. The predicted molar refractivity (Wildman–Crippen MR) is 67.1 cm³/mol. The van der Waals surface area contributed by atoms with Gasteiger partial charge in [-0.15, -0.1) is 10.2 Å². The SMILES string of the molecule is Cc1nnc(-n2cnc(CN)n2)c2ccccc12. The van der Waals surface area contributed by atoms with Crippen LogP contribution in [0.4, 0.5) is 0 Å². The number of nitrogens with two attached hydrogens (primary N) is 1. The molecule has 0 aliphatic carbocycles. The first-order valence-electron chi connectivity index (χ1n) is 5.62. The molecule has 2 N–H and O–H groups in total. The van der Waals surface area contributed by atoms with Gasteiger partial charge in [0.2, 0.25) is 0 Å². The van der Waals surface area contributed by atoms with Crippen LogP contribution in [-0.4, -0.2) is 25.0 Å². The van der Waals surface area contributed by atoms with Gasteiger partial charge in [0, 0.05) is 10.8 Å². The fourth-order valence-electron chi connectivity index (χ4n) is 1.89. The Morgan fingerprint density at radius 3 is 2.67 bits per heavy atom. The number of hydrogen-bond acceptors (Lipinski definition) is 5. The van der Waals surface area contributed by atoms with E-state index in [0.29, 0.717) is 18.2 Å². The summed E-state index contributed by atoms with van der Waals surface area (Å²) in [6.45, 7) is 2.25. The Hall–Kier alpha value is -2.34. The highest BCUT2D eigenvalue weighted by Crippen LogP contribution is 2.20. The first-order chi connectivity index (χ1) is 8.79. The lowest BCUT2D eigenvalue weighted by atomic mass is 10.1. The maximum Gasteiger partial charge on any atom is 0.185 e. The molecule has 6 nitrogen and oxygen atoms in total. The molecule has 0 amide bonds. The van der Waals surface area contributed by atoms with Crippen molar-refractivity contribution in [3.8, 4) is 5.82 Å². The van der Waals surface area contributed by atoms with Crippen LogP contribution in [0.25, 0.3) is 16.6 Å².